The van der Waals surface area contributed by atoms with E-state index >= 15 is 0 Å². The van der Waals surface area contributed by atoms with Crippen molar-refractivity contribution in [1.82, 2.24) is 5.32 Å². The molecule has 1 fully saturated rings. The maximum absolute atomic E-state index is 13.1. The molecule has 0 heterocycles. The summed E-state index contributed by atoms with van der Waals surface area (Å²) in [6.45, 7) is 2.15. The summed E-state index contributed by atoms with van der Waals surface area (Å²) in [6, 6.07) is 13.8. The average Bonchev–Trinajstić information content (AvgIpc) is 2.52. The number of hydrogen-bond donors (Lipinski definition) is 1. The molecule has 1 aliphatic carbocycles. The van der Waals surface area contributed by atoms with Crippen molar-refractivity contribution < 1.29 is 13.2 Å². The summed E-state index contributed by atoms with van der Waals surface area (Å²) in [6.07, 6.45) is 1.44. The van der Waals surface area contributed by atoms with Crippen LogP contribution in [0.2, 0.25) is 5.02 Å². The van der Waals surface area contributed by atoms with Crippen molar-refractivity contribution in [3.05, 3.63) is 64.7 Å². The number of sulfone groups is 1. The number of carbonyl (C=O) groups excluding carboxylic acids is 1. The van der Waals surface area contributed by atoms with E-state index in [9.17, 15) is 13.2 Å². The molecule has 132 valence electrons. The van der Waals surface area contributed by atoms with Crippen LogP contribution < -0.4 is 5.32 Å². The first-order chi connectivity index (χ1) is 11.8. The SMILES string of the molecule is Cc1ccc(S(=O)(=O)C2(C(=O)NCc3cccc(Cl)c3)CCC2)cc1. The van der Waals surface area contributed by atoms with Crippen LogP contribution in [-0.2, 0) is 21.2 Å². The Bertz CT molecular complexity index is 887. The monoisotopic (exact) mass is 377 g/mol. The Morgan fingerprint density at radius 2 is 1.84 bits per heavy atom. The van der Waals surface area contributed by atoms with Gasteiger partial charge in [-0.2, -0.15) is 0 Å². The van der Waals surface area contributed by atoms with E-state index in [1.54, 1.807) is 42.5 Å². The Morgan fingerprint density at radius 3 is 2.40 bits per heavy atom. The minimum atomic E-state index is -3.73. The Morgan fingerprint density at radius 1 is 1.16 bits per heavy atom. The molecular formula is C19H20ClNO3S. The highest BCUT2D eigenvalue weighted by atomic mass is 35.5. The van der Waals surface area contributed by atoms with Crippen molar-refractivity contribution in [1.29, 1.82) is 0 Å². The Hall–Kier alpha value is -1.85. The number of amides is 1. The quantitative estimate of drug-likeness (QED) is 0.864. The topological polar surface area (TPSA) is 63.2 Å². The lowest BCUT2D eigenvalue weighted by atomic mass is 9.83. The smallest absolute Gasteiger partial charge is 0.242 e. The maximum Gasteiger partial charge on any atom is 0.242 e. The molecule has 0 radical (unpaired) electrons. The molecule has 0 atom stereocenters. The molecule has 0 bridgehead atoms. The molecule has 3 rings (SSSR count). The standard InChI is InChI=1S/C19H20ClNO3S/c1-14-6-8-17(9-7-14)25(23,24)19(10-3-11-19)18(22)21-13-15-4-2-5-16(20)12-15/h2,4-9,12H,3,10-11,13H2,1H3,(H,21,22). The maximum atomic E-state index is 13.1. The van der Waals surface area contributed by atoms with Gasteiger partial charge in [0.2, 0.25) is 5.91 Å². The number of carbonyl (C=O) groups is 1. The zero-order chi connectivity index (χ0) is 18.1. The van der Waals surface area contributed by atoms with Gasteiger partial charge >= 0.3 is 0 Å². The molecule has 0 unspecified atom stereocenters. The first-order valence-corrected chi connectivity index (χ1v) is 10.1. The van der Waals surface area contributed by atoms with Gasteiger partial charge in [0.15, 0.2) is 14.6 Å². The van der Waals surface area contributed by atoms with Crippen LogP contribution in [-0.4, -0.2) is 19.1 Å². The predicted molar refractivity (Wildman–Crippen MR) is 98.2 cm³/mol. The summed E-state index contributed by atoms with van der Waals surface area (Å²) in [5.41, 5.74) is 1.81. The second-order valence-corrected chi connectivity index (χ2v) is 9.17. The zero-order valence-electron chi connectivity index (χ0n) is 14.0. The van der Waals surface area contributed by atoms with E-state index in [1.807, 2.05) is 13.0 Å². The van der Waals surface area contributed by atoms with Crippen molar-refractivity contribution >= 4 is 27.3 Å². The third-order valence-corrected chi connectivity index (χ3v) is 7.51. The van der Waals surface area contributed by atoms with E-state index < -0.39 is 20.5 Å². The number of hydrogen-bond acceptors (Lipinski definition) is 3. The van der Waals surface area contributed by atoms with Crippen LogP contribution in [0.4, 0.5) is 0 Å². The minimum Gasteiger partial charge on any atom is -0.351 e. The predicted octanol–water partition coefficient (Wildman–Crippen LogP) is 3.66. The first kappa shape index (κ1) is 18.0. The second kappa shape index (κ2) is 6.81. The molecule has 6 heteroatoms. The van der Waals surface area contributed by atoms with E-state index in [-0.39, 0.29) is 11.4 Å². The van der Waals surface area contributed by atoms with Gasteiger partial charge in [-0.15, -0.1) is 0 Å². The fraction of sp³-hybridized carbons (Fsp3) is 0.316. The molecular weight excluding hydrogens is 358 g/mol. The van der Waals surface area contributed by atoms with E-state index in [1.165, 1.54) is 0 Å². The molecule has 0 aliphatic heterocycles. The van der Waals surface area contributed by atoms with Crippen LogP contribution in [0.3, 0.4) is 0 Å². The van der Waals surface area contributed by atoms with Crippen LogP contribution in [0, 0.1) is 6.92 Å². The average molecular weight is 378 g/mol. The molecule has 1 aliphatic rings. The number of nitrogens with one attached hydrogen (secondary N) is 1. The third-order valence-electron chi connectivity index (χ3n) is 4.76. The lowest BCUT2D eigenvalue weighted by Crippen LogP contribution is -2.56. The largest absolute Gasteiger partial charge is 0.351 e. The van der Waals surface area contributed by atoms with Crippen LogP contribution in [0.25, 0.3) is 0 Å². The van der Waals surface area contributed by atoms with Gasteiger partial charge in [0.05, 0.1) is 4.90 Å². The van der Waals surface area contributed by atoms with Crippen LogP contribution in [0.1, 0.15) is 30.4 Å². The number of rotatable bonds is 5. The van der Waals surface area contributed by atoms with Crippen molar-refractivity contribution in [3.8, 4) is 0 Å². The molecule has 0 spiro atoms. The van der Waals surface area contributed by atoms with Gasteiger partial charge in [-0.1, -0.05) is 41.4 Å². The van der Waals surface area contributed by atoms with Gasteiger partial charge in [0.1, 0.15) is 0 Å². The summed E-state index contributed by atoms with van der Waals surface area (Å²) in [7, 11) is -3.73. The van der Waals surface area contributed by atoms with Gasteiger partial charge in [0.25, 0.3) is 0 Å². The number of aryl methyl sites for hydroxylation is 1. The fourth-order valence-corrected chi connectivity index (χ4v) is 5.35. The van der Waals surface area contributed by atoms with Crippen LogP contribution in [0.15, 0.2) is 53.4 Å². The summed E-state index contributed by atoms with van der Waals surface area (Å²) in [5.74, 6) is -0.431. The highest BCUT2D eigenvalue weighted by Crippen LogP contribution is 2.43. The Labute approximate surface area is 153 Å². The summed E-state index contributed by atoms with van der Waals surface area (Å²) in [4.78, 5) is 13.0. The first-order valence-electron chi connectivity index (χ1n) is 8.19. The molecule has 2 aromatic rings. The normalized spacial score (nSPS) is 16.1. The zero-order valence-corrected chi connectivity index (χ0v) is 15.5. The summed E-state index contributed by atoms with van der Waals surface area (Å²) in [5, 5.41) is 3.36. The molecule has 4 nitrogen and oxygen atoms in total. The molecule has 1 amide bonds. The van der Waals surface area contributed by atoms with E-state index in [2.05, 4.69) is 5.32 Å². The number of benzene rings is 2. The van der Waals surface area contributed by atoms with Gasteiger partial charge in [0, 0.05) is 11.6 Å². The van der Waals surface area contributed by atoms with Gasteiger partial charge < -0.3 is 5.32 Å². The highest BCUT2D eigenvalue weighted by molar-refractivity contribution is 7.93. The lowest BCUT2D eigenvalue weighted by Gasteiger charge is -2.39. The molecule has 1 saturated carbocycles. The molecule has 0 saturated heterocycles. The van der Waals surface area contributed by atoms with Crippen LogP contribution in [0.5, 0.6) is 0 Å². The molecule has 0 aromatic heterocycles. The van der Waals surface area contributed by atoms with Crippen molar-refractivity contribution in [2.24, 2.45) is 0 Å². The van der Waals surface area contributed by atoms with E-state index in [0.29, 0.717) is 17.9 Å². The fourth-order valence-electron chi connectivity index (χ4n) is 3.05. The Balaban J connectivity index is 1.82. The molecule has 25 heavy (non-hydrogen) atoms. The molecule has 1 N–H and O–H groups in total. The van der Waals surface area contributed by atoms with Crippen molar-refractivity contribution in [2.45, 2.75) is 42.4 Å². The van der Waals surface area contributed by atoms with Crippen molar-refractivity contribution in [2.75, 3.05) is 0 Å². The molecule has 2 aromatic carbocycles. The summed E-state index contributed by atoms with van der Waals surface area (Å²) >= 11 is 5.95. The highest BCUT2D eigenvalue weighted by Gasteiger charge is 2.55. The van der Waals surface area contributed by atoms with Gasteiger partial charge in [-0.05, 0) is 56.0 Å². The van der Waals surface area contributed by atoms with Crippen LogP contribution >= 0.6 is 11.6 Å². The number of halogens is 1. The minimum absolute atomic E-state index is 0.204. The summed E-state index contributed by atoms with van der Waals surface area (Å²) < 4.78 is 24.8. The lowest BCUT2D eigenvalue weighted by molar-refractivity contribution is -0.125. The van der Waals surface area contributed by atoms with Crippen molar-refractivity contribution in [3.63, 3.8) is 0 Å². The Kier molecular flexibility index (Phi) is 4.89. The van der Waals surface area contributed by atoms with E-state index in [4.69, 9.17) is 11.6 Å². The third kappa shape index (κ3) is 3.31. The van der Waals surface area contributed by atoms with E-state index in [0.717, 1.165) is 17.5 Å². The van der Waals surface area contributed by atoms with Gasteiger partial charge in [-0.25, -0.2) is 8.42 Å². The second-order valence-electron chi connectivity index (χ2n) is 6.48. The van der Waals surface area contributed by atoms with Gasteiger partial charge in [-0.3, -0.25) is 4.79 Å².